The first-order valence-corrected chi connectivity index (χ1v) is 14.2. The molecular formula is C31H43N3O6. The van der Waals surface area contributed by atoms with Gasteiger partial charge in [0.1, 0.15) is 11.4 Å². The lowest BCUT2D eigenvalue weighted by atomic mass is 9.79. The summed E-state index contributed by atoms with van der Waals surface area (Å²) in [5.74, 6) is -0.576. The predicted octanol–water partition coefficient (Wildman–Crippen LogP) is 4.20. The quantitative estimate of drug-likeness (QED) is 0.467. The van der Waals surface area contributed by atoms with E-state index in [0.717, 1.165) is 42.4 Å². The molecule has 1 aliphatic carbocycles. The van der Waals surface area contributed by atoms with Crippen LogP contribution in [0.15, 0.2) is 41.3 Å². The first kappa shape index (κ1) is 29.6. The number of amides is 2. The number of ether oxygens (including phenoxy) is 2. The summed E-state index contributed by atoms with van der Waals surface area (Å²) in [6.07, 6.45) is 5.30. The van der Waals surface area contributed by atoms with Crippen molar-refractivity contribution in [2.75, 3.05) is 26.8 Å². The maximum absolute atomic E-state index is 14.3. The van der Waals surface area contributed by atoms with Gasteiger partial charge in [0.15, 0.2) is 0 Å². The topological polar surface area (TPSA) is 101 Å². The van der Waals surface area contributed by atoms with Gasteiger partial charge in [-0.2, -0.15) is 0 Å². The van der Waals surface area contributed by atoms with E-state index in [4.69, 9.17) is 9.47 Å². The average Bonchev–Trinajstić information content (AvgIpc) is 3.72. The molecule has 0 radical (unpaired) electrons. The maximum Gasteiger partial charge on any atom is 0.410 e. The molecule has 9 nitrogen and oxygen atoms in total. The molecular weight excluding hydrogens is 510 g/mol. The van der Waals surface area contributed by atoms with Crippen LogP contribution in [0.3, 0.4) is 0 Å². The van der Waals surface area contributed by atoms with Crippen molar-refractivity contribution < 1.29 is 24.2 Å². The first-order chi connectivity index (χ1) is 18.9. The lowest BCUT2D eigenvalue weighted by Gasteiger charge is -2.40. The molecule has 2 atom stereocenters. The van der Waals surface area contributed by atoms with Crippen LogP contribution in [0.1, 0.15) is 69.1 Å². The fourth-order valence-corrected chi connectivity index (χ4v) is 5.47. The number of nitrogens with zero attached hydrogens (tertiary/aromatic N) is 3. The number of carbonyl (C=O) groups excluding carboxylic acids is 2. The molecule has 0 spiro atoms. The summed E-state index contributed by atoms with van der Waals surface area (Å²) in [6, 6.07) is 9.15. The Bertz CT molecular complexity index is 1260. The zero-order chi connectivity index (χ0) is 29.0. The highest BCUT2D eigenvalue weighted by atomic mass is 16.6. The number of hydrogen-bond donors (Lipinski definition) is 1. The van der Waals surface area contributed by atoms with Crippen LogP contribution in [0, 0.1) is 5.92 Å². The monoisotopic (exact) mass is 553 g/mol. The van der Waals surface area contributed by atoms with Gasteiger partial charge in [0, 0.05) is 58.7 Å². The van der Waals surface area contributed by atoms with E-state index < -0.39 is 17.6 Å². The molecule has 0 unspecified atom stereocenters. The minimum atomic E-state index is -0.643. The lowest BCUT2D eigenvalue weighted by molar-refractivity contribution is -0.139. The van der Waals surface area contributed by atoms with Crippen LogP contribution in [0.25, 0.3) is 0 Å². The molecule has 2 aliphatic rings. The average molecular weight is 554 g/mol. The number of aromatic nitrogens is 1. The Morgan fingerprint density at radius 1 is 1.10 bits per heavy atom. The van der Waals surface area contributed by atoms with Gasteiger partial charge in [-0.05, 0) is 93.7 Å². The van der Waals surface area contributed by atoms with Gasteiger partial charge in [-0.15, -0.1) is 0 Å². The fourth-order valence-electron chi connectivity index (χ4n) is 5.47. The largest absolute Gasteiger partial charge is 0.508 e. The van der Waals surface area contributed by atoms with Gasteiger partial charge in [0.2, 0.25) is 5.91 Å². The number of aromatic hydroxyl groups is 1. The number of rotatable bonds is 9. The van der Waals surface area contributed by atoms with E-state index >= 15 is 0 Å². The van der Waals surface area contributed by atoms with Crippen molar-refractivity contribution in [3.05, 3.63) is 63.6 Å². The molecule has 1 saturated carbocycles. The highest BCUT2D eigenvalue weighted by Gasteiger charge is 2.43. The van der Waals surface area contributed by atoms with Crippen molar-refractivity contribution in [2.45, 2.75) is 77.0 Å². The van der Waals surface area contributed by atoms with Gasteiger partial charge < -0.3 is 28.9 Å². The van der Waals surface area contributed by atoms with Crippen molar-refractivity contribution >= 4 is 12.0 Å². The Morgan fingerprint density at radius 2 is 1.82 bits per heavy atom. The number of aryl methyl sites for hydroxylation is 2. The van der Waals surface area contributed by atoms with Crippen LogP contribution in [0.2, 0.25) is 0 Å². The molecule has 1 aliphatic heterocycles. The Labute approximate surface area is 236 Å². The molecule has 2 amide bonds. The van der Waals surface area contributed by atoms with Crippen LogP contribution >= 0.6 is 0 Å². The Hall–Kier alpha value is -3.33. The molecule has 1 aromatic heterocycles. The van der Waals surface area contributed by atoms with E-state index in [0.29, 0.717) is 26.1 Å². The summed E-state index contributed by atoms with van der Waals surface area (Å²) in [4.78, 5) is 43.4. The normalized spacial score (nSPS) is 19.4. The van der Waals surface area contributed by atoms with Crippen LogP contribution < -0.4 is 5.56 Å². The Balaban J connectivity index is 1.61. The number of phenolic OH excluding ortho intramolecular Hbond substituents is 1. The summed E-state index contributed by atoms with van der Waals surface area (Å²) in [5.41, 5.74) is 1.92. The van der Waals surface area contributed by atoms with Crippen molar-refractivity contribution in [1.82, 2.24) is 14.4 Å². The van der Waals surface area contributed by atoms with Crippen molar-refractivity contribution in [2.24, 2.45) is 13.0 Å². The molecule has 40 heavy (non-hydrogen) atoms. The summed E-state index contributed by atoms with van der Waals surface area (Å²) in [7, 11) is 3.37. The van der Waals surface area contributed by atoms with Gasteiger partial charge in [0.25, 0.3) is 5.56 Å². The second-order valence-electron chi connectivity index (χ2n) is 12.1. The molecule has 2 heterocycles. The van der Waals surface area contributed by atoms with Crippen LogP contribution in [-0.2, 0) is 34.3 Å². The third-order valence-electron chi connectivity index (χ3n) is 7.61. The number of benzene rings is 1. The van der Waals surface area contributed by atoms with E-state index in [1.807, 2.05) is 37.8 Å². The summed E-state index contributed by atoms with van der Waals surface area (Å²) in [5, 5.41) is 10.4. The van der Waals surface area contributed by atoms with Crippen molar-refractivity contribution in [1.29, 1.82) is 0 Å². The number of likely N-dealkylation sites (tertiary alicyclic amines) is 1. The molecule has 2 fully saturated rings. The second kappa shape index (κ2) is 12.5. The van der Waals surface area contributed by atoms with Crippen LogP contribution in [-0.4, -0.2) is 69.9 Å². The SMILES string of the molecule is COCCCc1cc(O)cc(CN(C(=O)[C@@H]2CN(C(=O)OC(C)(C)C)CC[C@H]2c2ccn(C)c(=O)c2)C2CC2)c1. The van der Waals surface area contributed by atoms with Gasteiger partial charge >= 0.3 is 6.09 Å². The first-order valence-electron chi connectivity index (χ1n) is 14.2. The van der Waals surface area contributed by atoms with Crippen LogP contribution in [0.4, 0.5) is 4.79 Å². The van der Waals surface area contributed by atoms with Crippen LogP contribution in [0.5, 0.6) is 5.75 Å². The molecule has 1 saturated heterocycles. The third kappa shape index (κ3) is 7.65. The van der Waals surface area contributed by atoms with Gasteiger partial charge in [-0.1, -0.05) is 6.07 Å². The summed E-state index contributed by atoms with van der Waals surface area (Å²) in [6.45, 7) is 7.16. The number of pyridine rings is 1. The number of methoxy groups -OCH3 is 1. The van der Waals surface area contributed by atoms with E-state index in [1.54, 1.807) is 43.5 Å². The highest BCUT2D eigenvalue weighted by Crippen LogP contribution is 2.38. The van der Waals surface area contributed by atoms with E-state index in [9.17, 15) is 19.5 Å². The van der Waals surface area contributed by atoms with Gasteiger partial charge in [-0.3, -0.25) is 9.59 Å². The number of hydrogen-bond acceptors (Lipinski definition) is 6. The minimum Gasteiger partial charge on any atom is -0.508 e. The molecule has 1 aromatic carbocycles. The van der Waals surface area contributed by atoms with E-state index in [1.165, 1.54) is 4.57 Å². The zero-order valence-electron chi connectivity index (χ0n) is 24.4. The van der Waals surface area contributed by atoms with E-state index in [2.05, 4.69) is 0 Å². The molecule has 218 valence electrons. The molecule has 0 bridgehead atoms. The predicted molar refractivity (Wildman–Crippen MR) is 152 cm³/mol. The number of phenols is 1. The Morgan fingerprint density at radius 3 is 2.48 bits per heavy atom. The standard InChI is InChI=1S/C31H43N3O6/c1-31(2,3)40-30(38)33-13-11-26(23-10-12-32(4)28(36)18-23)27(20-33)29(37)34(24-8-9-24)19-22-15-21(7-6-14-39-5)16-25(35)17-22/h10,12,15-18,24,26-27,35H,6-9,11,13-14,19-20H2,1-5H3/t26-,27+/m0/s1. The van der Waals surface area contributed by atoms with Crippen molar-refractivity contribution in [3.63, 3.8) is 0 Å². The second-order valence-corrected chi connectivity index (χ2v) is 12.1. The minimum absolute atomic E-state index is 0.0364. The summed E-state index contributed by atoms with van der Waals surface area (Å²) >= 11 is 0. The van der Waals surface area contributed by atoms with Crippen molar-refractivity contribution in [3.8, 4) is 5.75 Å². The zero-order valence-corrected chi connectivity index (χ0v) is 24.4. The summed E-state index contributed by atoms with van der Waals surface area (Å²) < 4.78 is 12.3. The lowest BCUT2D eigenvalue weighted by Crippen LogP contribution is -2.51. The molecule has 2 aromatic rings. The highest BCUT2D eigenvalue weighted by molar-refractivity contribution is 5.82. The number of carbonyl (C=O) groups is 2. The molecule has 4 rings (SSSR count). The number of piperidine rings is 1. The fraction of sp³-hybridized carbons (Fsp3) is 0.581. The molecule has 1 N–H and O–H groups in total. The maximum atomic E-state index is 14.3. The smallest absolute Gasteiger partial charge is 0.410 e. The molecule has 9 heteroatoms. The Kier molecular flexibility index (Phi) is 9.23. The third-order valence-corrected chi connectivity index (χ3v) is 7.61. The van der Waals surface area contributed by atoms with Gasteiger partial charge in [-0.25, -0.2) is 4.79 Å². The van der Waals surface area contributed by atoms with E-state index in [-0.39, 0.29) is 35.7 Å². The van der Waals surface area contributed by atoms with Gasteiger partial charge in [0.05, 0.1) is 5.92 Å².